The molecule has 54 valence electrons. The third-order valence-corrected chi connectivity index (χ3v) is 1.54. The van der Waals surface area contributed by atoms with Crippen LogP contribution in [-0.2, 0) is 4.84 Å². The van der Waals surface area contributed by atoms with E-state index in [4.69, 9.17) is 17.5 Å². The Morgan fingerprint density at radius 1 is 1.30 bits per heavy atom. The van der Waals surface area contributed by atoms with Gasteiger partial charge in [0, 0.05) is 0 Å². The van der Waals surface area contributed by atoms with Gasteiger partial charge in [0.25, 0.3) is 0 Å². The van der Waals surface area contributed by atoms with E-state index in [0.29, 0.717) is 0 Å². The minimum atomic E-state index is -0.541. The quantitative estimate of drug-likeness (QED) is 0.525. The maximum Gasteiger partial charge on any atom is 0.177 e. The van der Waals surface area contributed by atoms with E-state index in [2.05, 4.69) is 4.84 Å². The first kappa shape index (κ1) is 7.54. The summed E-state index contributed by atoms with van der Waals surface area (Å²) >= 11 is 5.64. The highest BCUT2D eigenvalue weighted by Crippen LogP contribution is 2.18. The number of nitrogens with two attached hydrogens (primary N) is 1. The third kappa shape index (κ3) is 1.70. The summed E-state index contributed by atoms with van der Waals surface area (Å²) in [5.74, 6) is 4.87. The summed E-state index contributed by atoms with van der Waals surface area (Å²) < 4.78 is 0. The average Bonchev–Trinajstić information content (AvgIpc) is 2.05. The van der Waals surface area contributed by atoms with Gasteiger partial charge in [-0.3, -0.25) is 4.84 Å². The van der Waals surface area contributed by atoms with Crippen LogP contribution in [0.4, 0.5) is 0 Å². The molecule has 1 rings (SSSR count). The minimum Gasteiger partial charge on any atom is -0.280 e. The number of hydrogen-bond donors (Lipinski definition) is 1. The van der Waals surface area contributed by atoms with E-state index in [1.807, 2.05) is 30.3 Å². The van der Waals surface area contributed by atoms with Gasteiger partial charge in [-0.05, 0) is 5.56 Å². The molecule has 0 aliphatic rings. The Morgan fingerprint density at radius 2 is 1.90 bits per heavy atom. The molecular weight excluding hydrogens is 150 g/mol. The van der Waals surface area contributed by atoms with Gasteiger partial charge in [-0.2, -0.15) is 0 Å². The van der Waals surface area contributed by atoms with Crippen molar-refractivity contribution in [1.82, 2.24) is 0 Å². The molecule has 2 N–H and O–H groups in total. The number of benzene rings is 1. The van der Waals surface area contributed by atoms with Crippen LogP contribution in [0.5, 0.6) is 0 Å². The summed E-state index contributed by atoms with van der Waals surface area (Å²) in [6.45, 7) is 0. The lowest BCUT2D eigenvalue weighted by molar-refractivity contribution is 0.110. The summed E-state index contributed by atoms with van der Waals surface area (Å²) in [4.78, 5) is 4.40. The SMILES string of the molecule is NOC(Cl)c1ccccc1. The normalized spacial score (nSPS) is 13.0. The molecular formula is C7H8ClNO. The summed E-state index contributed by atoms with van der Waals surface area (Å²) in [7, 11) is 0. The first-order valence-corrected chi connectivity index (χ1v) is 3.33. The second-order valence-corrected chi connectivity index (χ2v) is 2.26. The van der Waals surface area contributed by atoms with Crippen LogP contribution in [-0.4, -0.2) is 0 Å². The molecule has 10 heavy (non-hydrogen) atoms. The topological polar surface area (TPSA) is 35.2 Å². The lowest BCUT2D eigenvalue weighted by atomic mass is 10.2. The average molecular weight is 158 g/mol. The van der Waals surface area contributed by atoms with Gasteiger partial charge in [0.2, 0.25) is 0 Å². The van der Waals surface area contributed by atoms with E-state index in [1.54, 1.807) is 0 Å². The molecule has 0 aliphatic carbocycles. The zero-order valence-corrected chi connectivity index (χ0v) is 6.08. The van der Waals surface area contributed by atoms with Crippen molar-refractivity contribution in [2.45, 2.75) is 5.56 Å². The fraction of sp³-hybridized carbons (Fsp3) is 0.143. The molecule has 1 aromatic rings. The van der Waals surface area contributed by atoms with Gasteiger partial charge in [-0.15, -0.1) is 0 Å². The number of halogens is 1. The highest BCUT2D eigenvalue weighted by molar-refractivity contribution is 6.19. The molecule has 1 aromatic carbocycles. The van der Waals surface area contributed by atoms with Crippen molar-refractivity contribution < 1.29 is 4.84 Å². The van der Waals surface area contributed by atoms with Gasteiger partial charge in [0.05, 0.1) is 0 Å². The van der Waals surface area contributed by atoms with E-state index in [9.17, 15) is 0 Å². The second-order valence-electron chi connectivity index (χ2n) is 1.86. The van der Waals surface area contributed by atoms with Gasteiger partial charge in [-0.25, -0.2) is 5.90 Å². The van der Waals surface area contributed by atoms with Crippen LogP contribution < -0.4 is 5.90 Å². The smallest absolute Gasteiger partial charge is 0.177 e. The maximum absolute atomic E-state index is 5.64. The molecule has 0 aromatic heterocycles. The van der Waals surface area contributed by atoms with Gasteiger partial charge < -0.3 is 0 Å². The van der Waals surface area contributed by atoms with Crippen LogP contribution >= 0.6 is 11.6 Å². The van der Waals surface area contributed by atoms with Gasteiger partial charge in [-0.1, -0.05) is 41.9 Å². The Bertz CT molecular complexity index is 190. The van der Waals surface area contributed by atoms with Crippen molar-refractivity contribution in [2.75, 3.05) is 0 Å². The molecule has 2 nitrogen and oxygen atoms in total. The standard InChI is InChI=1S/C7H8ClNO/c8-7(10-9)6-4-2-1-3-5-6/h1-5,7H,9H2. The summed E-state index contributed by atoms with van der Waals surface area (Å²) in [5, 5.41) is 0. The Morgan fingerprint density at radius 3 is 2.40 bits per heavy atom. The molecule has 0 aliphatic heterocycles. The number of hydrogen-bond acceptors (Lipinski definition) is 2. The molecule has 0 bridgehead atoms. The highest BCUT2D eigenvalue weighted by atomic mass is 35.5. The first-order chi connectivity index (χ1) is 4.84. The van der Waals surface area contributed by atoms with Crippen LogP contribution in [0.25, 0.3) is 0 Å². The highest BCUT2D eigenvalue weighted by Gasteiger charge is 2.03. The van der Waals surface area contributed by atoms with Gasteiger partial charge >= 0.3 is 0 Å². The Labute approximate surface area is 64.5 Å². The lowest BCUT2D eigenvalue weighted by Gasteiger charge is -2.04. The summed E-state index contributed by atoms with van der Waals surface area (Å²) in [6, 6.07) is 9.37. The molecule has 0 saturated heterocycles. The van der Waals surface area contributed by atoms with Crippen molar-refractivity contribution >= 4 is 11.6 Å². The van der Waals surface area contributed by atoms with Crippen LogP contribution in [0.15, 0.2) is 30.3 Å². The maximum atomic E-state index is 5.64. The Hall–Kier alpha value is -0.570. The largest absolute Gasteiger partial charge is 0.280 e. The van der Waals surface area contributed by atoms with Crippen LogP contribution in [0.3, 0.4) is 0 Å². The Kier molecular flexibility index (Phi) is 2.68. The van der Waals surface area contributed by atoms with Crippen LogP contribution in [0.1, 0.15) is 11.1 Å². The van der Waals surface area contributed by atoms with E-state index in [1.165, 1.54) is 0 Å². The first-order valence-electron chi connectivity index (χ1n) is 2.89. The Balaban J connectivity index is 2.75. The number of rotatable bonds is 2. The molecule has 1 atom stereocenters. The predicted molar refractivity (Wildman–Crippen MR) is 40.3 cm³/mol. The fourth-order valence-electron chi connectivity index (χ4n) is 0.683. The van der Waals surface area contributed by atoms with E-state index >= 15 is 0 Å². The second kappa shape index (κ2) is 3.56. The molecule has 0 amide bonds. The van der Waals surface area contributed by atoms with Crippen molar-refractivity contribution in [2.24, 2.45) is 5.90 Å². The van der Waals surface area contributed by atoms with E-state index < -0.39 is 5.56 Å². The van der Waals surface area contributed by atoms with Gasteiger partial charge in [0.15, 0.2) is 5.56 Å². The lowest BCUT2D eigenvalue weighted by Crippen LogP contribution is -2.02. The summed E-state index contributed by atoms with van der Waals surface area (Å²) in [5.41, 5.74) is 0.327. The molecule has 0 fully saturated rings. The summed E-state index contributed by atoms with van der Waals surface area (Å²) in [6.07, 6.45) is 0. The molecule has 1 unspecified atom stereocenters. The monoisotopic (exact) mass is 157 g/mol. The van der Waals surface area contributed by atoms with Crippen molar-refractivity contribution in [1.29, 1.82) is 0 Å². The predicted octanol–water partition coefficient (Wildman–Crippen LogP) is 1.81. The molecule has 0 spiro atoms. The van der Waals surface area contributed by atoms with Crippen molar-refractivity contribution in [3.8, 4) is 0 Å². The van der Waals surface area contributed by atoms with E-state index in [0.717, 1.165) is 5.56 Å². The van der Waals surface area contributed by atoms with Crippen molar-refractivity contribution in [3.63, 3.8) is 0 Å². The number of alkyl halides is 1. The molecule has 0 radical (unpaired) electrons. The van der Waals surface area contributed by atoms with Crippen LogP contribution in [0.2, 0.25) is 0 Å². The fourth-order valence-corrected chi connectivity index (χ4v) is 0.828. The van der Waals surface area contributed by atoms with Crippen LogP contribution in [0, 0.1) is 0 Å². The minimum absolute atomic E-state index is 0.541. The molecule has 0 saturated carbocycles. The van der Waals surface area contributed by atoms with Gasteiger partial charge in [0.1, 0.15) is 0 Å². The molecule has 3 heteroatoms. The third-order valence-electron chi connectivity index (χ3n) is 1.18. The van der Waals surface area contributed by atoms with E-state index in [-0.39, 0.29) is 0 Å². The zero-order valence-electron chi connectivity index (χ0n) is 5.33. The molecule has 0 heterocycles. The van der Waals surface area contributed by atoms with Crippen molar-refractivity contribution in [3.05, 3.63) is 35.9 Å². The zero-order chi connectivity index (χ0) is 7.40.